The highest BCUT2D eigenvalue weighted by molar-refractivity contribution is 5.71. The van der Waals surface area contributed by atoms with E-state index in [1.807, 2.05) is 0 Å². The number of hydrogen-bond acceptors (Lipinski definition) is 6. The third kappa shape index (κ3) is 58.8. The van der Waals surface area contributed by atoms with Gasteiger partial charge in [-0.05, 0) is 122 Å². The molecule has 0 aromatic carbocycles. The van der Waals surface area contributed by atoms with Crippen LogP contribution in [0.3, 0.4) is 0 Å². The maximum absolute atomic E-state index is 12.9. The van der Waals surface area contributed by atoms with Gasteiger partial charge in [-0.15, -0.1) is 0 Å². The Hall–Kier alpha value is -3.93. The molecule has 0 atom stereocenters. The molecule has 0 aromatic rings. The first-order valence-electron chi connectivity index (χ1n) is 30.4. The fourth-order valence-corrected chi connectivity index (χ4v) is 8.19. The van der Waals surface area contributed by atoms with Crippen LogP contribution in [-0.4, -0.2) is 37.2 Å². The molecule has 0 N–H and O–H groups in total. The second kappa shape index (κ2) is 60.6. The second-order valence-electron chi connectivity index (χ2n) is 19.9. The van der Waals surface area contributed by atoms with Crippen molar-refractivity contribution in [3.63, 3.8) is 0 Å². The van der Waals surface area contributed by atoms with E-state index in [1.165, 1.54) is 141 Å². The molecule has 416 valence electrons. The second-order valence-corrected chi connectivity index (χ2v) is 19.9. The molecular weight excluding hydrogens is 901 g/mol. The van der Waals surface area contributed by atoms with Gasteiger partial charge in [0.1, 0.15) is 13.2 Å². The number of allylic oxidation sites excluding steroid dienone is 18. The fraction of sp³-hybridized carbons (Fsp3) is 0.687. The Morgan fingerprint density at radius 1 is 0.288 bits per heavy atom. The summed E-state index contributed by atoms with van der Waals surface area (Å²) in [5.41, 5.74) is 0. The first-order valence-corrected chi connectivity index (χ1v) is 30.4. The van der Waals surface area contributed by atoms with Gasteiger partial charge < -0.3 is 14.2 Å². The maximum Gasteiger partial charge on any atom is 0.306 e. The average molecular weight is 1010 g/mol. The zero-order valence-corrected chi connectivity index (χ0v) is 47.6. The highest BCUT2D eigenvalue weighted by atomic mass is 16.6. The van der Waals surface area contributed by atoms with Crippen LogP contribution in [0.25, 0.3) is 0 Å². The number of carbonyl (C=O) groups excluding carboxylic acids is 3. The lowest BCUT2D eigenvalue weighted by molar-refractivity contribution is -0.167. The van der Waals surface area contributed by atoms with E-state index in [1.54, 1.807) is 0 Å². The summed E-state index contributed by atoms with van der Waals surface area (Å²) < 4.78 is 16.9. The van der Waals surface area contributed by atoms with Crippen molar-refractivity contribution >= 4 is 17.9 Å². The standard InChI is InChI=1S/C67H112O6/c1-4-7-10-13-16-19-22-25-28-31-33-36-38-41-44-47-50-53-56-59-65(68)71-62-64(73-67(70)61-58-55-52-49-46-43-40-35-30-27-24-21-18-15-12-9-6-3)63-72-66(69)60-57-54-51-48-45-42-39-37-34-32-29-26-23-20-17-14-11-8-5-2/h9,12,16-21,25-30,40,43,49,52,64H,4-8,10-11,13-15,22-24,31-39,41-42,44-48,50-51,53-63H2,1-3H3/b12-9-,19-16-,20-17-,21-18-,28-25-,29-26-,30-27-,43-40-,52-49-. The summed E-state index contributed by atoms with van der Waals surface area (Å²) in [7, 11) is 0. The Morgan fingerprint density at radius 2 is 0.548 bits per heavy atom. The Labute approximate surface area is 450 Å². The number of rotatable bonds is 54. The summed E-state index contributed by atoms with van der Waals surface area (Å²) in [4.78, 5) is 38.3. The van der Waals surface area contributed by atoms with Crippen molar-refractivity contribution in [3.05, 3.63) is 109 Å². The minimum Gasteiger partial charge on any atom is -0.462 e. The molecule has 0 aliphatic carbocycles. The van der Waals surface area contributed by atoms with Gasteiger partial charge in [0.05, 0.1) is 0 Å². The van der Waals surface area contributed by atoms with Crippen LogP contribution in [0.1, 0.15) is 278 Å². The third-order valence-corrected chi connectivity index (χ3v) is 12.7. The lowest BCUT2D eigenvalue weighted by Crippen LogP contribution is -2.30. The molecule has 6 heteroatoms. The number of carbonyl (C=O) groups is 3. The van der Waals surface area contributed by atoms with Crippen LogP contribution >= 0.6 is 0 Å². The smallest absolute Gasteiger partial charge is 0.306 e. The molecule has 0 aromatic heterocycles. The van der Waals surface area contributed by atoms with Gasteiger partial charge in [-0.3, -0.25) is 14.4 Å². The van der Waals surface area contributed by atoms with Gasteiger partial charge in [0.15, 0.2) is 6.10 Å². The number of ether oxygens (including phenoxy) is 3. The topological polar surface area (TPSA) is 78.9 Å². The first-order chi connectivity index (χ1) is 36.0. The minimum atomic E-state index is -0.814. The summed E-state index contributed by atoms with van der Waals surface area (Å²) in [6, 6.07) is 0. The maximum atomic E-state index is 12.9. The van der Waals surface area contributed by atoms with Gasteiger partial charge in [0, 0.05) is 19.3 Å². The zero-order valence-electron chi connectivity index (χ0n) is 47.6. The van der Waals surface area contributed by atoms with Crippen LogP contribution in [0.4, 0.5) is 0 Å². The van der Waals surface area contributed by atoms with Crippen molar-refractivity contribution in [2.45, 2.75) is 284 Å². The molecule has 0 aliphatic rings. The summed E-state index contributed by atoms with van der Waals surface area (Å²) in [5.74, 6) is -0.968. The van der Waals surface area contributed by atoms with Crippen molar-refractivity contribution in [1.82, 2.24) is 0 Å². The van der Waals surface area contributed by atoms with Crippen LogP contribution < -0.4 is 0 Å². The lowest BCUT2D eigenvalue weighted by atomic mass is 10.1. The van der Waals surface area contributed by atoms with Gasteiger partial charge in [-0.2, -0.15) is 0 Å². The van der Waals surface area contributed by atoms with E-state index in [-0.39, 0.29) is 37.5 Å². The molecule has 0 fully saturated rings. The van der Waals surface area contributed by atoms with Crippen molar-refractivity contribution in [3.8, 4) is 0 Å². The molecule has 0 spiro atoms. The fourth-order valence-electron chi connectivity index (χ4n) is 8.19. The normalized spacial score (nSPS) is 12.5. The predicted octanol–water partition coefficient (Wildman–Crippen LogP) is 20.7. The van der Waals surface area contributed by atoms with E-state index in [0.29, 0.717) is 19.3 Å². The molecule has 0 heterocycles. The molecule has 0 radical (unpaired) electrons. The van der Waals surface area contributed by atoms with Crippen LogP contribution in [0.15, 0.2) is 109 Å². The molecular formula is C67H112O6. The monoisotopic (exact) mass is 1010 g/mol. The van der Waals surface area contributed by atoms with Crippen LogP contribution in [0.5, 0.6) is 0 Å². The Morgan fingerprint density at radius 3 is 0.877 bits per heavy atom. The third-order valence-electron chi connectivity index (χ3n) is 12.7. The van der Waals surface area contributed by atoms with Crippen LogP contribution in [0.2, 0.25) is 0 Å². The van der Waals surface area contributed by atoms with E-state index >= 15 is 0 Å². The Kier molecular flexibility index (Phi) is 57.4. The summed E-state index contributed by atoms with van der Waals surface area (Å²) in [6.45, 7) is 6.44. The van der Waals surface area contributed by atoms with Gasteiger partial charge in [-0.1, -0.05) is 246 Å². The summed E-state index contributed by atoms with van der Waals surface area (Å²) in [6.07, 6.45) is 82.3. The van der Waals surface area contributed by atoms with E-state index < -0.39 is 6.10 Å². The van der Waals surface area contributed by atoms with E-state index in [9.17, 15) is 14.4 Å². The summed E-state index contributed by atoms with van der Waals surface area (Å²) >= 11 is 0. The number of esters is 3. The van der Waals surface area contributed by atoms with Gasteiger partial charge in [0.2, 0.25) is 0 Å². The van der Waals surface area contributed by atoms with E-state index in [0.717, 1.165) is 89.9 Å². The van der Waals surface area contributed by atoms with Crippen molar-refractivity contribution in [1.29, 1.82) is 0 Å². The molecule has 0 bridgehead atoms. The molecule has 0 saturated carbocycles. The van der Waals surface area contributed by atoms with E-state index in [2.05, 4.69) is 130 Å². The SMILES string of the molecule is CC/C=C\C/C=C\C/C=C\C/C=C\C/C=C\CCCC(=O)OC(COC(=O)CCCCCCCCCCC/C=C\C/C=C\CCCCC)COC(=O)CCCCCCCCCCC/C=C\C/C=C\CCCCC. The van der Waals surface area contributed by atoms with E-state index in [4.69, 9.17) is 14.2 Å². The average Bonchev–Trinajstić information content (AvgIpc) is 3.39. The van der Waals surface area contributed by atoms with Gasteiger partial charge in [0.25, 0.3) is 0 Å². The molecule has 0 rings (SSSR count). The summed E-state index contributed by atoms with van der Waals surface area (Å²) in [5, 5.41) is 0. The first kappa shape index (κ1) is 69.1. The van der Waals surface area contributed by atoms with Crippen molar-refractivity contribution in [2.75, 3.05) is 13.2 Å². The number of unbranched alkanes of at least 4 members (excludes halogenated alkanes) is 25. The lowest BCUT2D eigenvalue weighted by Gasteiger charge is -2.18. The largest absolute Gasteiger partial charge is 0.462 e. The predicted molar refractivity (Wildman–Crippen MR) is 316 cm³/mol. The van der Waals surface area contributed by atoms with Crippen molar-refractivity contribution < 1.29 is 28.6 Å². The van der Waals surface area contributed by atoms with Gasteiger partial charge >= 0.3 is 17.9 Å². The molecule has 0 saturated heterocycles. The Balaban J connectivity index is 4.47. The van der Waals surface area contributed by atoms with Crippen LogP contribution in [-0.2, 0) is 28.6 Å². The molecule has 0 aliphatic heterocycles. The highest BCUT2D eigenvalue weighted by Crippen LogP contribution is 2.15. The molecule has 6 nitrogen and oxygen atoms in total. The quantitative estimate of drug-likeness (QED) is 0.0261. The zero-order chi connectivity index (χ0) is 52.9. The molecule has 0 amide bonds. The Bertz CT molecular complexity index is 1420. The van der Waals surface area contributed by atoms with Crippen LogP contribution in [0, 0.1) is 0 Å². The van der Waals surface area contributed by atoms with Gasteiger partial charge in [-0.25, -0.2) is 0 Å². The molecule has 0 unspecified atom stereocenters. The molecule has 73 heavy (non-hydrogen) atoms. The minimum absolute atomic E-state index is 0.105. The van der Waals surface area contributed by atoms with Crippen molar-refractivity contribution in [2.24, 2.45) is 0 Å². The number of hydrogen-bond donors (Lipinski definition) is 0. The highest BCUT2D eigenvalue weighted by Gasteiger charge is 2.19.